The number of imide groups is 1. The molecule has 1 heterocycles. The number of hydrogen-bond donors (Lipinski definition) is 2. The molecule has 102 valence electrons. The largest absolute Gasteiger partial charge is 0.468 e. The van der Waals surface area contributed by atoms with Crippen molar-refractivity contribution in [1.82, 2.24) is 15.5 Å². The first kappa shape index (κ1) is 14.7. The maximum atomic E-state index is 11.6. The van der Waals surface area contributed by atoms with Crippen molar-refractivity contribution >= 4 is 11.9 Å². The van der Waals surface area contributed by atoms with E-state index >= 15 is 0 Å². The molecular weight excluding hydrogens is 248 g/mol. The minimum absolute atomic E-state index is 0.0236. The summed E-state index contributed by atoms with van der Waals surface area (Å²) in [5.41, 5.74) is 0. The molecule has 3 amide bonds. The molecule has 7 heteroatoms. The van der Waals surface area contributed by atoms with Gasteiger partial charge in [0.15, 0.2) is 0 Å². The average molecular weight is 264 g/mol. The van der Waals surface area contributed by atoms with E-state index in [1.165, 1.54) is 7.05 Å². The molecule has 2 N–H and O–H groups in total. The number of rotatable bonds is 6. The summed E-state index contributed by atoms with van der Waals surface area (Å²) in [6.07, 6.45) is 1.84. The number of carbonyl (C=O) groups excluding carboxylic acids is 2. The normalized spacial score (nSPS) is 9.95. The van der Waals surface area contributed by atoms with Crippen LogP contribution < -0.4 is 10.6 Å². The van der Waals surface area contributed by atoms with Crippen molar-refractivity contribution in [2.75, 3.05) is 20.1 Å². The number of furan rings is 1. The van der Waals surface area contributed by atoms with E-state index in [-0.39, 0.29) is 6.54 Å². The van der Waals surface area contributed by atoms with Gasteiger partial charge in [-0.3, -0.25) is 15.0 Å². The molecule has 1 rings (SSSR count). The van der Waals surface area contributed by atoms with E-state index in [4.69, 9.17) is 9.68 Å². The minimum Gasteiger partial charge on any atom is -0.468 e. The second kappa shape index (κ2) is 7.89. The topological polar surface area (TPSA) is 98.4 Å². The maximum Gasteiger partial charge on any atom is 0.321 e. The summed E-state index contributed by atoms with van der Waals surface area (Å²) in [6.45, 7) is 0.865. The predicted molar refractivity (Wildman–Crippen MR) is 66.8 cm³/mol. The van der Waals surface area contributed by atoms with Gasteiger partial charge in [-0.25, -0.2) is 4.79 Å². The fourth-order valence-electron chi connectivity index (χ4n) is 1.48. The molecule has 0 aliphatic rings. The van der Waals surface area contributed by atoms with Crippen molar-refractivity contribution in [3.63, 3.8) is 0 Å². The van der Waals surface area contributed by atoms with Crippen molar-refractivity contribution in [2.24, 2.45) is 0 Å². The van der Waals surface area contributed by atoms with Gasteiger partial charge in [-0.15, -0.1) is 0 Å². The van der Waals surface area contributed by atoms with E-state index in [9.17, 15) is 9.59 Å². The molecule has 0 atom stereocenters. The summed E-state index contributed by atoms with van der Waals surface area (Å²) in [6, 6.07) is 5.01. The van der Waals surface area contributed by atoms with Crippen molar-refractivity contribution in [3.8, 4) is 6.07 Å². The van der Waals surface area contributed by atoms with Crippen LogP contribution in [-0.4, -0.2) is 37.0 Å². The smallest absolute Gasteiger partial charge is 0.321 e. The second-order valence-electron chi connectivity index (χ2n) is 3.83. The Morgan fingerprint density at radius 3 is 2.89 bits per heavy atom. The second-order valence-corrected chi connectivity index (χ2v) is 3.83. The Morgan fingerprint density at radius 1 is 1.53 bits per heavy atom. The molecule has 0 fully saturated rings. The Balaban J connectivity index is 2.51. The monoisotopic (exact) mass is 264 g/mol. The third kappa shape index (κ3) is 5.70. The van der Waals surface area contributed by atoms with E-state index in [0.29, 0.717) is 25.3 Å². The van der Waals surface area contributed by atoms with Crippen LogP contribution in [0.5, 0.6) is 0 Å². The molecule has 0 saturated carbocycles. The van der Waals surface area contributed by atoms with Crippen LogP contribution in [0.1, 0.15) is 12.2 Å². The summed E-state index contributed by atoms with van der Waals surface area (Å²) >= 11 is 0. The van der Waals surface area contributed by atoms with Crippen LogP contribution in [0.2, 0.25) is 0 Å². The Bertz CT molecular complexity index is 450. The first-order valence-electron chi connectivity index (χ1n) is 5.79. The average Bonchev–Trinajstić information content (AvgIpc) is 2.88. The van der Waals surface area contributed by atoms with Gasteiger partial charge in [0.25, 0.3) is 0 Å². The van der Waals surface area contributed by atoms with Gasteiger partial charge < -0.3 is 9.73 Å². The zero-order valence-electron chi connectivity index (χ0n) is 10.7. The number of carbonyl (C=O) groups is 2. The van der Waals surface area contributed by atoms with Gasteiger partial charge in [-0.1, -0.05) is 0 Å². The fourth-order valence-corrected chi connectivity index (χ4v) is 1.48. The van der Waals surface area contributed by atoms with Crippen molar-refractivity contribution in [2.45, 2.75) is 13.0 Å². The quantitative estimate of drug-likeness (QED) is 0.777. The van der Waals surface area contributed by atoms with E-state index in [1.54, 1.807) is 23.3 Å². The highest BCUT2D eigenvalue weighted by Crippen LogP contribution is 2.05. The van der Waals surface area contributed by atoms with Crippen molar-refractivity contribution in [1.29, 1.82) is 5.26 Å². The third-order valence-electron chi connectivity index (χ3n) is 2.35. The van der Waals surface area contributed by atoms with Crippen LogP contribution in [0.4, 0.5) is 4.79 Å². The highest BCUT2D eigenvalue weighted by molar-refractivity contribution is 5.95. The lowest BCUT2D eigenvalue weighted by molar-refractivity contribution is -0.121. The maximum absolute atomic E-state index is 11.6. The number of urea groups is 1. The molecule has 0 aromatic carbocycles. The summed E-state index contributed by atoms with van der Waals surface area (Å²) < 4.78 is 5.19. The molecule has 7 nitrogen and oxygen atoms in total. The van der Waals surface area contributed by atoms with Crippen LogP contribution >= 0.6 is 0 Å². The summed E-state index contributed by atoms with van der Waals surface area (Å²) in [5.74, 6) is 0.273. The first-order chi connectivity index (χ1) is 9.15. The molecule has 0 bridgehead atoms. The number of nitrogens with one attached hydrogen (secondary N) is 2. The van der Waals surface area contributed by atoms with Crippen LogP contribution in [0.3, 0.4) is 0 Å². The van der Waals surface area contributed by atoms with Crippen LogP contribution in [0, 0.1) is 11.3 Å². The van der Waals surface area contributed by atoms with Crippen molar-refractivity contribution in [3.05, 3.63) is 24.2 Å². The molecule has 0 radical (unpaired) electrons. The van der Waals surface area contributed by atoms with Gasteiger partial charge >= 0.3 is 6.03 Å². The van der Waals surface area contributed by atoms with Gasteiger partial charge in [-0.2, -0.15) is 5.26 Å². The summed E-state index contributed by atoms with van der Waals surface area (Å²) in [5, 5.41) is 13.1. The molecule has 0 aliphatic heterocycles. The molecule has 0 spiro atoms. The molecule has 0 aliphatic carbocycles. The Labute approximate surface area is 111 Å². The lowest BCUT2D eigenvalue weighted by atomic mass is 10.3. The summed E-state index contributed by atoms with van der Waals surface area (Å²) in [7, 11) is 1.43. The third-order valence-corrected chi connectivity index (χ3v) is 2.35. The molecule has 1 aromatic heterocycles. The van der Waals surface area contributed by atoms with E-state index in [2.05, 4.69) is 10.6 Å². The van der Waals surface area contributed by atoms with Crippen LogP contribution in [-0.2, 0) is 11.3 Å². The van der Waals surface area contributed by atoms with E-state index in [1.807, 2.05) is 6.07 Å². The van der Waals surface area contributed by atoms with Crippen LogP contribution in [0.25, 0.3) is 0 Å². The highest BCUT2D eigenvalue weighted by atomic mass is 16.3. The van der Waals surface area contributed by atoms with Gasteiger partial charge in [0.2, 0.25) is 5.91 Å². The Morgan fingerprint density at radius 2 is 2.32 bits per heavy atom. The van der Waals surface area contributed by atoms with Gasteiger partial charge in [-0.05, 0) is 12.1 Å². The van der Waals surface area contributed by atoms with Gasteiger partial charge in [0.1, 0.15) is 5.76 Å². The van der Waals surface area contributed by atoms with E-state index < -0.39 is 11.9 Å². The Kier molecular flexibility index (Phi) is 6.12. The zero-order valence-corrected chi connectivity index (χ0v) is 10.7. The number of nitriles is 1. The molecule has 19 heavy (non-hydrogen) atoms. The molecular formula is C12H16N4O3. The van der Waals surface area contributed by atoms with Gasteiger partial charge in [0, 0.05) is 20.0 Å². The number of nitrogens with zero attached hydrogens (tertiary/aromatic N) is 2. The zero-order chi connectivity index (χ0) is 14.1. The summed E-state index contributed by atoms with van der Waals surface area (Å²) in [4.78, 5) is 24.3. The molecule has 1 aromatic rings. The SMILES string of the molecule is CNC(=O)NC(=O)CN(CCC#N)Cc1ccco1. The van der Waals surface area contributed by atoms with E-state index in [0.717, 1.165) is 0 Å². The first-order valence-corrected chi connectivity index (χ1v) is 5.79. The lowest BCUT2D eigenvalue weighted by Gasteiger charge is -2.18. The predicted octanol–water partition coefficient (Wildman–Crippen LogP) is 0.451. The molecule has 0 unspecified atom stereocenters. The van der Waals surface area contributed by atoms with Gasteiger partial charge in [0.05, 0.1) is 25.4 Å². The Hall–Kier alpha value is -2.33. The standard InChI is InChI=1S/C12H16N4O3/c1-14-12(18)15-11(17)9-16(6-3-5-13)8-10-4-2-7-19-10/h2,4,7H,3,6,8-9H2,1H3,(H2,14,15,17,18). The lowest BCUT2D eigenvalue weighted by Crippen LogP contribution is -2.43. The number of hydrogen-bond acceptors (Lipinski definition) is 5. The molecule has 0 saturated heterocycles. The minimum atomic E-state index is -0.553. The fraction of sp³-hybridized carbons (Fsp3) is 0.417. The van der Waals surface area contributed by atoms with Crippen LogP contribution in [0.15, 0.2) is 22.8 Å². The highest BCUT2D eigenvalue weighted by Gasteiger charge is 2.14. The van der Waals surface area contributed by atoms with Crippen molar-refractivity contribution < 1.29 is 14.0 Å². The number of amides is 3.